The molecule has 1 heterocycles. The van der Waals surface area contributed by atoms with Gasteiger partial charge in [0.2, 0.25) is 0 Å². The molecule has 0 saturated heterocycles. The number of hydrogen-bond donors (Lipinski definition) is 2. The van der Waals surface area contributed by atoms with Crippen molar-refractivity contribution in [1.29, 1.82) is 0 Å². The summed E-state index contributed by atoms with van der Waals surface area (Å²) in [6, 6.07) is 3.19. The Balaban J connectivity index is 0.000000424. The molecule has 0 aliphatic carbocycles. The van der Waals surface area contributed by atoms with Crippen molar-refractivity contribution in [3.8, 4) is 0 Å². The minimum absolute atomic E-state index is 0.931. The first-order valence-electron chi connectivity index (χ1n) is 3.00. The zero-order valence-corrected chi connectivity index (χ0v) is 11.8. The third-order valence-corrected chi connectivity index (χ3v) is 1.18. The molecule has 0 atom stereocenters. The van der Waals surface area contributed by atoms with Crippen molar-refractivity contribution in [2.24, 2.45) is 0 Å². The van der Waals surface area contributed by atoms with Crippen LogP contribution in [0.25, 0.3) is 0 Å². The van der Waals surface area contributed by atoms with Gasteiger partial charge in [0.25, 0.3) is 0 Å². The number of nitrogens with zero attached hydrogens (tertiary/aromatic N) is 1. The van der Waals surface area contributed by atoms with Crippen LogP contribution in [-0.4, -0.2) is 14.5 Å². The molecule has 0 unspecified atom stereocenters. The molecule has 1 aromatic heterocycles. The van der Waals surface area contributed by atoms with Crippen LogP contribution in [0.3, 0.4) is 0 Å². The van der Waals surface area contributed by atoms with Crippen molar-refractivity contribution in [2.45, 2.75) is 0 Å². The summed E-state index contributed by atoms with van der Waals surface area (Å²) in [6.07, 6.45) is 2.78. The molecule has 0 saturated carbocycles. The van der Waals surface area contributed by atoms with Crippen molar-refractivity contribution >= 4 is 27.2 Å². The van der Waals surface area contributed by atoms with E-state index in [1.807, 2.05) is 0 Å². The van der Waals surface area contributed by atoms with Crippen molar-refractivity contribution in [3.63, 3.8) is 0 Å². The molecule has 0 bridgehead atoms. The molecule has 0 aliphatic rings. The second-order valence-corrected chi connectivity index (χ2v) is 7.48. The van der Waals surface area contributed by atoms with Gasteiger partial charge in [-0.2, -0.15) is 4.73 Å². The number of aromatic nitrogens is 1. The van der Waals surface area contributed by atoms with E-state index in [4.69, 9.17) is 29.2 Å². The summed E-state index contributed by atoms with van der Waals surface area (Å²) in [5.74, 6) is 0. The predicted octanol–water partition coefficient (Wildman–Crippen LogP) is 1.39. The average Bonchev–Trinajstić information content (AvgIpc) is 2.37. The first kappa shape index (κ1) is 13.4. The van der Waals surface area contributed by atoms with Crippen LogP contribution in [0.2, 0.25) is 0 Å². The van der Waals surface area contributed by atoms with Gasteiger partial charge >= 0.3 is 42.4 Å². The van der Waals surface area contributed by atoms with E-state index in [9.17, 15) is 4.57 Å². The van der Waals surface area contributed by atoms with Crippen LogP contribution in [0.4, 0.5) is 0 Å². The Bertz CT molecular complexity index is 263. The van der Waals surface area contributed by atoms with Gasteiger partial charge in [-0.05, 0) is 12.1 Å². The fourth-order valence-corrected chi connectivity index (χ4v) is 0.850. The SMILES string of the molecule is O=P(O)(O)On1cccc1.[Cl][Zn][Cl]. The number of hydrogen-bond acceptors (Lipinski definition) is 2. The first-order valence-corrected chi connectivity index (χ1v) is 12.3. The zero-order valence-electron chi connectivity index (χ0n) is 6.38. The van der Waals surface area contributed by atoms with Gasteiger partial charge in [-0.25, -0.2) is 4.57 Å². The Hall–Kier alpha value is 0.433. The van der Waals surface area contributed by atoms with Gasteiger partial charge in [-0.15, -0.1) is 0 Å². The molecule has 9 heteroatoms. The zero-order chi connectivity index (χ0) is 10.3. The Kier molecular flexibility index (Phi) is 7.05. The van der Waals surface area contributed by atoms with Gasteiger partial charge < -0.3 is 4.62 Å². The van der Waals surface area contributed by atoms with Crippen LogP contribution in [0, 0.1) is 0 Å². The third kappa shape index (κ3) is 8.76. The van der Waals surface area contributed by atoms with Crippen molar-refractivity contribution < 1.29 is 34.1 Å². The Labute approximate surface area is 90.5 Å². The van der Waals surface area contributed by atoms with Crippen LogP contribution in [0.1, 0.15) is 0 Å². The normalized spacial score (nSPS) is 9.54. The molecule has 0 aliphatic heterocycles. The Morgan fingerprint density at radius 3 is 2.00 bits per heavy atom. The van der Waals surface area contributed by atoms with Gasteiger partial charge in [0, 0.05) is 12.4 Å². The van der Waals surface area contributed by atoms with E-state index < -0.39 is 23.0 Å². The van der Waals surface area contributed by atoms with Gasteiger partial charge in [0.05, 0.1) is 0 Å². The third-order valence-electron chi connectivity index (χ3n) is 0.778. The van der Waals surface area contributed by atoms with Crippen LogP contribution in [0.5, 0.6) is 0 Å². The second kappa shape index (κ2) is 6.82. The van der Waals surface area contributed by atoms with E-state index in [1.165, 1.54) is 12.4 Å². The van der Waals surface area contributed by atoms with Crippen LogP contribution < -0.4 is 4.62 Å². The molecule has 1 aromatic rings. The summed E-state index contributed by atoms with van der Waals surface area (Å²) in [5.41, 5.74) is 0. The molecule has 72 valence electrons. The molecule has 2 N–H and O–H groups in total. The minimum atomic E-state index is -4.39. The van der Waals surface area contributed by atoms with Crippen molar-refractivity contribution in [3.05, 3.63) is 24.5 Å². The van der Waals surface area contributed by atoms with E-state index in [-0.39, 0.29) is 0 Å². The summed E-state index contributed by atoms with van der Waals surface area (Å²) in [6.45, 7) is 0. The molecular formula is C4H6Cl2NO4PZn. The topological polar surface area (TPSA) is 71.7 Å². The molecule has 0 aromatic carbocycles. The molecule has 13 heavy (non-hydrogen) atoms. The number of phosphoric acid groups is 1. The molecule has 0 fully saturated rings. The average molecular weight is 299 g/mol. The summed E-state index contributed by atoms with van der Waals surface area (Å²) in [7, 11) is 5.51. The maximum absolute atomic E-state index is 10.2. The van der Waals surface area contributed by atoms with Gasteiger partial charge in [-0.3, -0.25) is 9.79 Å². The van der Waals surface area contributed by atoms with E-state index in [2.05, 4.69) is 4.62 Å². The van der Waals surface area contributed by atoms with Crippen LogP contribution in [-0.2, 0) is 19.7 Å². The summed E-state index contributed by atoms with van der Waals surface area (Å²) in [5, 5.41) is 0. The van der Waals surface area contributed by atoms with Gasteiger partial charge in [0.1, 0.15) is 0 Å². The van der Waals surface area contributed by atoms with E-state index in [0.717, 1.165) is 4.73 Å². The van der Waals surface area contributed by atoms with Crippen molar-refractivity contribution in [2.75, 3.05) is 0 Å². The predicted molar refractivity (Wildman–Crippen MR) is 44.8 cm³/mol. The second-order valence-electron chi connectivity index (χ2n) is 1.72. The molecular weight excluding hydrogens is 293 g/mol. The number of halogens is 2. The van der Waals surface area contributed by atoms with Gasteiger partial charge in [-0.1, -0.05) is 0 Å². The summed E-state index contributed by atoms with van der Waals surface area (Å²) < 4.78 is 15.2. The fourth-order valence-electron chi connectivity index (χ4n) is 0.496. The molecule has 5 nitrogen and oxygen atoms in total. The summed E-state index contributed by atoms with van der Waals surface area (Å²) >= 11 is -0.931. The molecule has 0 amide bonds. The van der Waals surface area contributed by atoms with Gasteiger partial charge in [0.15, 0.2) is 0 Å². The Morgan fingerprint density at radius 1 is 1.31 bits per heavy atom. The molecule has 1 rings (SSSR count). The standard InChI is InChI=1S/C4H6NO4P.2ClH.Zn/c6-10(7,8)9-5-3-1-2-4-5;;;/h1-4H,(H2,6,7,8);2*1H;/q;;;+2/p-2. The Morgan fingerprint density at radius 2 is 1.69 bits per heavy atom. The first-order chi connectivity index (χ1) is 5.99. The molecule has 0 spiro atoms. The quantitative estimate of drug-likeness (QED) is 0.639. The van der Waals surface area contributed by atoms with Crippen LogP contribution >= 0.6 is 27.2 Å². The number of rotatable bonds is 2. The fraction of sp³-hybridized carbons (Fsp3) is 0. The molecule has 0 radical (unpaired) electrons. The van der Waals surface area contributed by atoms with E-state index in [0.29, 0.717) is 0 Å². The maximum atomic E-state index is 10.2. The van der Waals surface area contributed by atoms with Crippen molar-refractivity contribution in [1.82, 2.24) is 4.73 Å². The van der Waals surface area contributed by atoms with E-state index >= 15 is 0 Å². The van der Waals surface area contributed by atoms with E-state index in [1.54, 1.807) is 12.1 Å². The summed E-state index contributed by atoms with van der Waals surface area (Å²) in [4.78, 5) is 16.5. The van der Waals surface area contributed by atoms with Crippen LogP contribution in [0.15, 0.2) is 24.5 Å². The monoisotopic (exact) mass is 297 g/mol.